The Hall–Kier alpha value is -3.29. The molecule has 0 bridgehead atoms. The van der Waals surface area contributed by atoms with Crippen LogP contribution in [0.15, 0.2) is 45.8 Å². The molecule has 0 spiro atoms. The fourth-order valence-corrected chi connectivity index (χ4v) is 3.49. The second kappa shape index (κ2) is 7.03. The van der Waals surface area contributed by atoms with Crippen LogP contribution >= 0.6 is 0 Å². The summed E-state index contributed by atoms with van der Waals surface area (Å²) in [4.78, 5) is 32.9. The Balaban J connectivity index is 1.53. The molecule has 1 amide bonds. The number of piperazine rings is 1. The van der Waals surface area contributed by atoms with Crippen molar-refractivity contribution in [1.29, 1.82) is 0 Å². The van der Waals surface area contributed by atoms with Crippen LogP contribution in [0.4, 0.5) is 11.4 Å². The molecule has 1 fully saturated rings. The van der Waals surface area contributed by atoms with Gasteiger partial charge in [0.25, 0.3) is 11.3 Å². The predicted molar refractivity (Wildman–Crippen MR) is 108 cm³/mol. The van der Waals surface area contributed by atoms with E-state index in [-0.39, 0.29) is 28.5 Å². The average Bonchev–Trinajstić information content (AvgIpc) is 3.05. The minimum atomic E-state index is -0.325. The van der Waals surface area contributed by atoms with Gasteiger partial charge in [-0.2, -0.15) is 0 Å². The lowest BCUT2D eigenvalue weighted by Gasteiger charge is -2.36. The van der Waals surface area contributed by atoms with Gasteiger partial charge in [0.1, 0.15) is 5.39 Å². The maximum atomic E-state index is 12.6. The first-order valence-electron chi connectivity index (χ1n) is 9.36. The van der Waals surface area contributed by atoms with Crippen LogP contribution in [0.3, 0.4) is 0 Å². The van der Waals surface area contributed by atoms with Crippen LogP contribution in [-0.4, -0.2) is 46.7 Å². The maximum absolute atomic E-state index is 12.6. The fourth-order valence-electron chi connectivity index (χ4n) is 3.49. The Labute approximate surface area is 162 Å². The number of nitrogen functional groups attached to an aromatic ring is 1. The molecule has 1 aromatic carbocycles. The van der Waals surface area contributed by atoms with Gasteiger partial charge in [0.2, 0.25) is 5.91 Å². The summed E-state index contributed by atoms with van der Waals surface area (Å²) in [6.45, 7) is 6.85. The van der Waals surface area contributed by atoms with Crippen molar-refractivity contribution in [3.8, 4) is 5.69 Å². The summed E-state index contributed by atoms with van der Waals surface area (Å²) in [6.07, 6.45) is 1.51. The predicted octanol–water partition coefficient (Wildman–Crippen LogP) is 1.87. The molecule has 0 aliphatic carbocycles. The highest BCUT2D eigenvalue weighted by atomic mass is 16.5. The van der Waals surface area contributed by atoms with E-state index in [1.807, 2.05) is 43.0 Å². The number of hydrogen-bond donors (Lipinski definition) is 1. The van der Waals surface area contributed by atoms with Gasteiger partial charge in [-0.05, 0) is 30.3 Å². The Morgan fingerprint density at radius 3 is 2.32 bits per heavy atom. The summed E-state index contributed by atoms with van der Waals surface area (Å²) < 4.78 is 6.77. The second-order valence-corrected chi connectivity index (χ2v) is 7.25. The third-order valence-electron chi connectivity index (χ3n) is 5.06. The van der Waals surface area contributed by atoms with Crippen molar-refractivity contribution >= 4 is 28.4 Å². The van der Waals surface area contributed by atoms with Gasteiger partial charge >= 0.3 is 0 Å². The van der Waals surface area contributed by atoms with Crippen LogP contribution in [0.1, 0.15) is 13.8 Å². The molecular formula is C20H23N5O3. The molecule has 3 heterocycles. The highest BCUT2D eigenvalue weighted by Crippen LogP contribution is 2.21. The van der Waals surface area contributed by atoms with Gasteiger partial charge in [-0.15, -0.1) is 4.74 Å². The van der Waals surface area contributed by atoms with Crippen molar-refractivity contribution in [2.45, 2.75) is 13.8 Å². The molecule has 146 valence electrons. The standard InChI is InChI=1S/C20H23N5O3/c1-13(2)19(26)24-11-9-23(10-12-24)14-3-5-15(6-4-14)25-20(27)17-16(21)7-8-22-18(17)28-25/h3-8,13H,9-12H2,1-2H3,(H2,21,22). The number of rotatable bonds is 3. The molecule has 3 aromatic rings. The van der Waals surface area contributed by atoms with Crippen LogP contribution in [0, 0.1) is 5.92 Å². The van der Waals surface area contributed by atoms with Crippen LogP contribution < -0.4 is 16.2 Å². The van der Waals surface area contributed by atoms with Gasteiger partial charge in [-0.25, -0.2) is 4.98 Å². The average molecular weight is 381 g/mol. The lowest BCUT2D eigenvalue weighted by molar-refractivity contribution is -0.134. The number of nitrogens with two attached hydrogens (primary N) is 1. The SMILES string of the molecule is CC(C)C(=O)N1CCN(c2ccc(-n3oc4nccc(N)c4c3=O)cc2)CC1. The number of hydrogen-bond acceptors (Lipinski definition) is 6. The fraction of sp³-hybridized carbons (Fsp3) is 0.350. The van der Waals surface area contributed by atoms with Gasteiger partial charge in [0, 0.05) is 44.0 Å². The Morgan fingerprint density at radius 2 is 1.71 bits per heavy atom. The molecule has 1 aliphatic heterocycles. The molecule has 0 unspecified atom stereocenters. The first kappa shape index (κ1) is 18.1. The molecule has 8 nitrogen and oxygen atoms in total. The maximum Gasteiger partial charge on any atom is 0.299 e. The molecule has 1 aliphatic rings. The number of carbonyl (C=O) groups is 1. The smallest absolute Gasteiger partial charge is 0.299 e. The summed E-state index contributed by atoms with van der Waals surface area (Å²) in [5.74, 6) is 0.226. The summed E-state index contributed by atoms with van der Waals surface area (Å²) in [5, 5.41) is 0.289. The van der Waals surface area contributed by atoms with Crippen LogP contribution in [0.5, 0.6) is 0 Å². The van der Waals surface area contributed by atoms with Crippen molar-refractivity contribution in [3.05, 3.63) is 46.9 Å². The normalized spacial score (nSPS) is 14.8. The van der Waals surface area contributed by atoms with Crippen molar-refractivity contribution in [2.75, 3.05) is 36.8 Å². The Morgan fingerprint density at radius 1 is 1.07 bits per heavy atom. The third-order valence-corrected chi connectivity index (χ3v) is 5.06. The van der Waals surface area contributed by atoms with E-state index in [1.54, 1.807) is 6.07 Å². The van der Waals surface area contributed by atoms with E-state index in [9.17, 15) is 9.59 Å². The van der Waals surface area contributed by atoms with Crippen LogP contribution in [0.25, 0.3) is 16.8 Å². The number of benzene rings is 1. The molecule has 0 saturated carbocycles. The highest BCUT2D eigenvalue weighted by molar-refractivity contribution is 5.85. The number of carbonyl (C=O) groups excluding carboxylic acids is 1. The minimum Gasteiger partial charge on any atom is -0.398 e. The first-order chi connectivity index (χ1) is 13.5. The number of nitrogens with zero attached hydrogens (tertiary/aromatic N) is 4. The molecule has 4 rings (SSSR count). The van der Waals surface area contributed by atoms with Crippen molar-refractivity contribution in [3.63, 3.8) is 0 Å². The van der Waals surface area contributed by atoms with Gasteiger partial charge in [0.05, 0.1) is 11.4 Å². The van der Waals surface area contributed by atoms with E-state index in [1.165, 1.54) is 10.9 Å². The van der Waals surface area contributed by atoms with E-state index >= 15 is 0 Å². The van der Waals surface area contributed by atoms with Crippen molar-refractivity contribution in [1.82, 2.24) is 14.6 Å². The van der Waals surface area contributed by atoms with Crippen molar-refractivity contribution < 1.29 is 9.32 Å². The molecule has 2 N–H and O–H groups in total. The highest BCUT2D eigenvalue weighted by Gasteiger charge is 2.23. The molecule has 28 heavy (non-hydrogen) atoms. The molecule has 8 heteroatoms. The number of pyridine rings is 1. The van der Waals surface area contributed by atoms with Crippen LogP contribution in [0.2, 0.25) is 0 Å². The molecule has 2 aromatic heterocycles. The molecule has 0 radical (unpaired) electrons. The van der Waals surface area contributed by atoms with Gasteiger partial charge in [-0.1, -0.05) is 13.8 Å². The van der Waals surface area contributed by atoms with Crippen LogP contribution in [-0.2, 0) is 4.79 Å². The zero-order chi connectivity index (χ0) is 19.8. The van der Waals surface area contributed by atoms with Gasteiger partial charge in [0.15, 0.2) is 0 Å². The second-order valence-electron chi connectivity index (χ2n) is 7.25. The third kappa shape index (κ3) is 3.11. The monoisotopic (exact) mass is 381 g/mol. The Bertz CT molecular complexity index is 1060. The Kier molecular flexibility index (Phi) is 4.54. The summed E-state index contributed by atoms with van der Waals surface area (Å²) in [5.41, 5.74) is 7.78. The number of amides is 1. The minimum absolute atomic E-state index is 0.0245. The summed E-state index contributed by atoms with van der Waals surface area (Å²) in [6, 6.07) is 9.15. The summed E-state index contributed by atoms with van der Waals surface area (Å²) in [7, 11) is 0. The zero-order valence-electron chi connectivity index (χ0n) is 16.0. The van der Waals surface area contributed by atoms with E-state index in [4.69, 9.17) is 10.3 Å². The van der Waals surface area contributed by atoms with E-state index in [2.05, 4.69) is 9.88 Å². The molecule has 0 atom stereocenters. The van der Waals surface area contributed by atoms with Crippen molar-refractivity contribution in [2.24, 2.45) is 5.92 Å². The number of aromatic nitrogens is 2. The summed E-state index contributed by atoms with van der Waals surface area (Å²) >= 11 is 0. The topological polar surface area (TPSA) is 97.6 Å². The lowest BCUT2D eigenvalue weighted by Crippen LogP contribution is -2.49. The largest absolute Gasteiger partial charge is 0.398 e. The molecular weight excluding hydrogens is 358 g/mol. The van der Waals surface area contributed by atoms with Gasteiger partial charge in [-0.3, -0.25) is 9.59 Å². The first-order valence-corrected chi connectivity index (χ1v) is 9.36. The quantitative estimate of drug-likeness (QED) is 0.744. The van der Waals surface area contributed by atoms with E-state index in [0.717, 1.165) is 18.8 Å². The number of fused-ring (bicyclic) bond motifs is 1. The lowest BCUT2D eigenvalue weighted by atomic mass is 10.1. The zero-order valence-corrected chi connectivity index (χ0v) is 16.0. The van der Waals surface area contributed by atoms with E-state index < -0.39 is 0 Å². The molecule has 1 saturated heterocycles. The van der Waals surface area contributed by atoms with E-state index in [0.29, 0.717) is 24.5 Å². The van der Waals surface area contributed by atoms with Gasteiger partial charge < -0.3 is 20.1 Å². The number of anilines is 2.